The van der Waals surface area contributed by atoms with Crippen LogP contribution < -0.4 is 0 Å². The number of carbonyl (C=O) groups is 2. The van der Waals surface area contributed by atoms with Gasteiger partial charge in [0.1, 0.15) is 6.33 Å². The summed E-state index contributed by atoms with van der Waals surface area (Å²) in [5.41, 5.74) is 1.71. The van der Waals surface area contributed by atoms with Crippen molar-refractivity contribution in [3.63, 3.8) is 0 Å². The van der Waals surface area contributed by atoms with Crippen molar-refractivity contribution in [3.05, 3.63) is 83.7 Å². The van der Waals surface area contributed by atoms with Gasteiger partial charge >= 0.3 is 5.97 Å². The summed E-state index contributed by atoms with van der Waals surface area (Å²) in [4.78, 5) is 27.2. The van der Waals surface area contributed by atoms with Crippen molar-refractivity contribution in [2.24, 2.45) is 0 Å². The van der Waals surface area contributed by atoms with Gasteiger partial charge in [-0.2, -0.15) is 5.10 Å². The molecule has 0 spiro atoms. The van der Waals surface area contributed by atoms with E-state index in [1.54, 1.807) is 17.0 Å². The standard InChI is InChI=1S/C19H16N4O4/c24-16(8-17(25)19-20-12-21-22-19)15-11-23(9-13-4-2-1-3-5-13)10-14(15)6-7-18(26)27/h1-8,10-12,25H,9H2,(H,26,27)(H,20,21,22). The SMILES string of the molecule is O=C(O)C=Cc1cn(Cc2ccccc2)cc1C(=O)C=C(O)c1nc[nH]n1. The summed E-state index contributed by atoms with van der Waals surface area (Å²) in [6.07, 6.45) is 7.87. The zero-order chi connectivity index (χ0) is 19.2. The molecule has 0 saturated carbocycles. The Bertz CT molecular complexity index is 1000. The topological polar surface area (TPSA) is 121 Å². The summed E-state index contributed by atoms with van der Waals surface area (Å²) in [7, 11) is 0. The molecule has 0 radical (unpaired) electrons. The highest BCUT2D eigenvalue weighted by Gasteiger charge is 2.14. The van der Waals surface area contributed by atoms with E-state index < -0.39 is 11.8 Å². The van der Waals surface area contributed by atoms with E-state index in [1.807, 2.05) is 30.3 Å². The number of allylic oxidation sites excluding steroid dienone is 1. The summed E-state index contributed by atoms with van der Waals surface area (Å²) in [6, 6.07) is 9.62. The third-order valence-corrected chi connectivity index (χ3v) is 3.70. The van der Waals surface area contributed by atoms with Gasteiger partial charge in [0.15, 0.2) is 11.5 Å². The molecule has 0 amide bonds. The lowest BCUT2D eigenvalue weighted by Crippen LogP contribution is -1.99. The molecular weight excluding hydrogens is 348 g/mol. The van der Waals surface area contributed by atoms with Gasteiger partial charge in [0.25, 0.3) is 0 Å². The largest absolute Gasteiger partial charge is 0.504 e. The molecule has 1 aromatic carbocycles. The molecule has 2 heterocycles. The van der Waals surface area contributed by atoms with E-state index in [-0.39, 0.29) is 17.1 Å². The summed E-state index contributed by atoms with van der Waals surface area (Å²) >= 11 is 0. The quantitative estimate of drug-likeness (QED) is 0.336. The lowest BCUT2D eigenvalue weighted by molar-refractivity contribution is -0.131. The number of aliphatic hydroxyl groups is 1. The number of aromatic nitrogens is 4. The Morgan fingerprint density at radius 1 is 1.15 bits per heavy atom. The molecule has 27 heavy (non-hydrogen) atoms. The lowest BCUT2D eigenvalue weighted by Gasteiger charge is -2.02. The minimum absolute atomic E-state index is 0.00491. The summed E-state index contributed by atoms with van der Waals surface area (Å²) in [6.45, 7) is 0.513. The Kier molecular flexibility index (Phi) is 5.27. The first-order chi connectivity index (χ1) is 13.0. The number of carboxylic acids is 1. The average Bonchev–Trinajstić information content (AvgIpc) is 3.31. The lowest BCUT2D eigenvalue weighted by atomic mass is 10.1. The second-order valence-electron chi connectivity index (χ2n) is 5.67. The van der Waals surface area contributed by atoms with Crippen molar-refractivity contribution in [3.8, 4) is 0 Å². The van der Waals surface area contributed by atoms with E-state index in [0.29, 0.717) is 12.1 Å². The Morgan fingerprint density at radius 2 is 1.93 bits per heavy atom. The van der Waals surface area contributed by atoms with Crippen LogP contribution >= 0.6 is 0 Å². The molecule has 0 aliphatic carbocycles. The molecule has 3 rings (SSSR count). The van der Waals surface area contributed by atoms with Crippen LogP contribution in [0.1, 0.15) is 27.3 Å². The number of nitrogens with one attached hydrogen (secondary N) is 1. The number of carbonyl (C=O) groups excluding carboxylic acids is 1. The van der Waals surface area contributed by atoms with Crippen molar-refractivity contribution >= 4 is 23.6 Å². The Hall–Kier alpha value is -3.94. The van der Waals surface area contributed by atoms with Gasteiger partial charge in [-0.05, 0) is 11.6 Å². The van der Waals surface area contributed by atoms with Crippen LogP contribution in [-0.2, 0) is 11.3 Å². The van der Waals surface area contributed by atoms with Crippen molar-refractivity contribution in [1.29, 1.82) is 0 Å². The summed E-state index contributed by atoms with van der Waals surface area (Å²) < 4.78 is 1.78. The van der Waals surface area contributed by atoms with Crippen LogP contribution in [0.4, 0.5) is 0 Å². The predicted octanol–water partition coefficient (Wildman–Crippen LogP) is 2.53. The van der Waals surface area contributed by atoms with Crippen LogP contribution in [0, 0.1) is 0 Å². The van der Waals surface area contributed by atoms with Gasteiger partial charge in [0.05, 0.1) is 0 Å². The number of nitrogens with zero attached hydrogens (tertiary/aromatic N) is 3. The number of benzene rings is 1. The highest BCUT2D eigenvalue weighted by molar-refractivity contribution is 6.10. The number of hydrogen-bond acceptors (Lipinski definition) is 5. The summed E-state index contributed by atoms with van der Waals surface area (Å²) in [5, 5.41) is 25.0. The molecule has 8 nitrogen and oxygen atoms in total. The monoisotopic (exact) mass is 364 g/mol. The van der Waals surface area contributed by atoms with Gasteiger partial charge in [-0.15, -0.1) is 0 Å². The van der Waals surface area contributed by atoms with Crippen LogP contribution in [0.3, 0.4) is 0 Å². The first kappa shape index (κ1) is 17.9. The fourth-order valence-electron chi connectivity index (χ4n) is 2.51. The normalized spacial score (nSPS) is 11.8. The van der Waals surface area contributed by atoms with Crippen molar-refractivity contribution in [2.45, 2.75) is 6.54 Å². The fourth-order valence-corrected chi connectivity index (χ4v) is 2.51. The Balaban J connectivity index is 1.93. The van der Waals surface area contributed by atoms with E-state index >= 15 is 0 Å². The number of hydrogen-bond donors (Lipinski definition) is 3. The highest BCUT2D eigenvalue weighted by Crippen LogP contribution is 2.17. The van der Waals surface area contributed by atoms with E-state index in [0.717, 1.165) is 17.7 Å². The minimum atomic E-state index is -1.12. The van der Waals surface area contributed by atoms with Crippen molar-refractivity contribution < 1.29 is 19.8 Å². The Morgan fingerprint density at radius 3 is 2.59 bits per heavy atom. The molecule has 0 fully saturated rings. The van der Waals surface area contributed by atoms with Crippen molar-refractivity contribution in [2.75, 3.05) is 0 Å². The van der Waals surface area contributed by atoms with Gasteiger partial charge in [0, 0.05) is 42.2 Å². The zero-order valence-corrected chi connectivity index (χ0v) is 14.1. The molecule has 0 saturated heterocycles. The summed E-state index contributed by atoms with van der Waals surface area (Å²) in [5.74, 6) is -2.00. The molecule has 3 aromatic rings. The zero-order valence-electron chi connectivity index (χ0n) is 14.1. The van der Waals surface area contributed by atoms with Crippen molar-refractivity contribution in [1.82, 2.24) is 19.7 Å². The number of aliphatic carboxylic acids is 1. The van der Waals surface area contributed by atoms with Crippen LogP contribution in [0.2, 0.25) is 0 Å². The molecule has 8 heteroatoms. The van der Waals surface area contributed by atoms with Gasteiger partial charge in [-0.3, -0.25) is 9.89 Å². The minimum Gasteiger partial charge on any atom is -0.504 e. The second-order valence-corrected chi connectivity index (χ2v) is 5.67. The van der Waals surface area contributed by atoms with Gasteiger partial charge in [-0.25, -0.2) is 9.78 Å². The molecule has 0 aliphatic heterocycles. The van der Waals surface area contributed by atoms with Gasteiger partial charge in [0.2, 0.25) is 5.82 Å². The highest BCUT2D eigenvalue weighted by atomic mass is 16.4. The third kappa shape index (κ3) is 4.57. The maximum atomic E-state index is 12.6. The first-order valence-corrected chi connectivity index (χ1v) is 7.99. The second kappa shape index (κ2) is 7.96. The number of H-pyrrole nitrogens is 1. The maximum Gasteiger partial charge on any atom is 0.328 e. The average molecular weight is 364 g/mol. The molecule has 3 N–H and O–H groups in total. The van der Waals surface area contributed by atoms with Crippen LogP contribution in [0.25, 0.3) is 11.8 Å². The molecule has 0 unspecified atom stereocenters. The van der Waals surface area contributed by atoms with Crippen LogP contribution in [-0.4, -0.2) is 41.7 Å². The van der Waals surface area contributed by atoms with E-state index in [1.165, 1.54) is 12.4 Å². The molecular formula is C19H16N4O4. The Labute approximate surface area is 154 Å². The maximum absolute atomic E-state index is 12.6. The number of aromatic amines is 1. The predicted molar refractivity (Wildman–Crippen MR) is 98.0 cm³/mol. The fraction of sp³-hybridized carbons (Fsp3) is 0.0526. The van der Waals surface area contributed by atoms with E-state index in [9.17, 15) is 14.7 Å². The molecule has 0 bridgehead atoms. The molecule has 136 valence electrons. The smallest absolute Gasteiger partial charge is 0.328 e. The van der Waals surface area contributed by atoms with E-state index in [2.05, 4.69) is 15.2 Å². The number of carboxylic acid groups (broad SMARTS) is 1. The number of rotatable bonds is 7. The molecule has 0 atom stereocenters. The number of aliphatic hydroxyl groups excluding tert-OH is 1. The third-order valence-electron chi connectivity index (χ3n) is 3.70. The van der Waals surface area contributed by atoms with E-state index in [4.69, 9.17) is 5.11 Å². The first-order valence-electron chi connectivity index (χ1n) is 7.99. The number of ketones is 1. The van der Waals surface area contributed by atoms with Crippen LogP contribution in [0.5, 0.6) is 0 Å². The van der Waals surface area contributed by atoms with Gasteiger partial charge < -0.3 is 14.8 Å². The molecule has 0 aliphatic rings. The molecule has 2 aromatic heterocycles. The van der Waals surface area contributed by atoms with Crippen LogP contribution in [0.15, 0.2) is 61.2 Å². The van der Waals surface area contributed by atoms with Gasteiger partial charge in [-0.1, -0.05) is 30.3 Å².